The molecule has 0 unspecified atom stereocenters. The van der Waals surface area contributed by atoms with Crippen LogP contribution in [0.25, 0.3) is 32.6 Å². The molecule has 0 atom stereocenters. The van der Waals surface area contributed by atoms with Crippen molar-refractivity contribution in [2.45, 2.75) is 26.3 Å². The van der Waals surface area contributed by atoms with Gasteiger partial charge in [-0.2, -0.15) is 0 Å². The van der Waals surface area contributed by atoms with Gasteiger partial charge in [0.25, 0.3) is 0 Å². The molecule has 36 heavy (non-hydrogen) atoms. The smallest absolute Gasteiger partial charge is 0.119 e. The number of pyridine rings is 1. The number of ether oxygens (including phenoxy) is 1. The number of halogens is 1. The maximum Gasteiger partial charge on any atom is 0.119 e. The maximum atomic E-state index is 6.28. The monoisotopic (exact) mass is 497 g/mol. The number of benzene rings is 4. The number of rotatable bonds is 10. The topological polar surface area (TPSA) is 37.4 Å². The fourth-order valence-electron chi connectivity index (χ4n) is 4.99. The van der Waals surface area contributed by atoms with Gasteiger partial charge in [0.1, 0.15) is 5.75 Å². The van der Waals surface area contributed by atoms with Crippen LogP contribution >= 0.6 is 11.6 Å². The minimum Gasteiger partial charge on any atom is -0.497 e. The highest BCUT2D eigenvalue weighted by atomic mass is 35.5. The molecule has 0 aliphatic carbocycles. The summed E-state index contributed by atoms with van der Waals surface area (Å²) in [4.78, 5) is 7.40. The lowest BCUT2D eigenvalue weighted by Gasteiger charge is -2.23. The Kier molecular flexibility index (Phi) is 7.55. The summed E-state index contributed by atoms with van der Waals surface area (Å²) in [5.41, 5.74) is 4.30. The van der Waals surface area contributed by atoms with Crippen molar-refractivity contribution >= 4 is 49.9 Å². The number of nitrogens with zero attached hydrogens (tertiary/aromatic N) is 2. The van der Waals surface area contributed by atoms with Crippen molar-refractivity contribution in [1.82, 2.24) is 9.88 Å². The predicted octanol–water partition coefficient (Wildman–Crippen LogP) is 7.92. The second-order valence-electron chi connectivity index (χ2n) is 9.23. The molecule has 0 aliphatic rings. The Morgan fingerprint density at radius 1 is 0.861 bits per heavy atom. The first-order valence-electron chi connectivity index (χ1n) is 12.7. The van der Waals surface area contributed by atoms with Crippen molar-refractivity contribution in [2.24, 2.45) is 0 Å². The molecule has 184 valence electrons. The van der Waals surface area contributed by atoms with Crippen molar-refractivity contribution in [2.75, 3.05) is 32.1 Å². The molecule has 0 aliphatic heterocycles. The summed E-state index contributed by atoms with van der Waals surface area (Å²) in [7, 11) is 1.70. The summed E-state index contributed by atoms with van der Waals surface area (Å²) < 4.78 is 5.50. The van der Waals surface area contributed by atoms with E-state index in [2.05, 4.69) is 71.7 Å². The number of hydrogen-bond acceptors (Lipinski definition) is 4. The molecule has 0 amide bonds. The highest BCUT2D eigenvalue weighted by Gasteiger charge is 2.12. The molecule has 1 heterocycles. The average Bonchev–Trinajstić information content (AvgIpc) is 2.90. The summed E-state index contributed by atoms with van der Waals surface area (Å²) in [5.74, 6) is 0.824. The van der Waals surface area contributed by atoms with Gasteiger partial charge in [-0.05, 0) is 72.1 Å². The lowest BCUT2D eigenvalue weighted by atomic mass is 10.0. The summed E-state index contributed by atoms with van der Waals surface area (Å²) >= 11 is 6.28. The van der Waals surface area contributed by atoms with E-state index in [4.69, 9.17) is 21.3 Å². The van der Waals surface area contributed by atoms with Crippen molar-refractivity contribution in [3.63, 3.8) is 0 Å². The first-order chi connectivity index (χ1) is 17.7. The van der Waals surface area contributed by atoms with Crippen molar-refractivity contribution < 1.29 is 4.74 Å². The minimum absolute atomic E-state index is 0.692. The molecule has 4 nitrogen and oxygen atoms in total. The van der Waals surface area contributed by atoms with Gasteiger partial charge in [0.2, 0.25) is 0 Å². The van der Waals surface area contributed by atoms with Crippen LogP contribution in [-0.2, 0) is 6.54 Å². The van der Waals surface area contributed by atoms with Crippen LogP contribution in [0.3, 0.4) is 0 Å². The second-order valence-corrected chi connectivity index (χ2v) is 9.66. The summed E-state index contributed by atoms with van der Waals surface area (Å²) in [6.07, 6.45) is 2.17. The van der Waals surface area contributed by atoms with E-state index in [-0.39, 0.29) is 0 Å². The van der Waals surface area contributed by atoms with Gasteiger partial charge < -0.3 is 10.1 Å². The van der Waals surface area contributed by atoms with Gasteiger partial charge in [0.05, 0.1) is 23.8 Å². The van der Waals surface area contributed by atoms with E-state index in [1.807, 2.05) is 24.3 Å². The first kappa shape index (κ1) is 24.4. The Hall–Kier alpha value is -3.34. The number of nitrogens with one attached hydrogen (secondary N) is 1. The normalized spacial score (nSPS) is 11.6. The molecule has 5 rings (SSSR count). The SMILES string of the molecule is CCCN(CCCNc1c2ccc(Cl)cc2nc2ccc(OC)cc12)Cc1cccc2ccccc12. The van der Waals surface area contributed by atoms with Gasteiger partial charge in [-0.3, -0.25) is 4.90 Å². The van der Waals surface area contributed by atoms with E-state index in [1.165, 1.54) is 16.3 Å². The van der Waals surface area contributed by atoms with Gasteiger partial charge in [-0.15, -0.1) is 0 Å². The van der Waals surface area contributed by atoms with Gasteiger partial charge in [0.15, 0.2) is 0 Å². The van der Waals surface area contributed by atoms with Crippen LogP contribution in [0.5, 0.6) is 5.75 Å². The second kappa shape index (κ2) is 11.2. The van der Waals surface area contributed by atoms with E-state index in [0.717, 1.165) is 72.3 Å². The van der Waals surface area contributed by atoms with Crippen molar-refractivity contribution in [3.05, 3.63) is 89.4 Å². The summed E-state index contributed by atoms with van der Waals surface area (Å²) in [6, 6.07) is 27.2. The third-order valence-corrected chi connectivity index (χ3v) is 6.94. The zero-order chi connectivity index (χ0) is 24.9. The molecular formula is C31H32ClN3O. The largest absolute Gasteiger partial charge is 0.497 e. The molecule has 5 heteroatoms. The molecule has 1 N–H and O–H groups in total. The fraction of sp³-hybridized carbons (Fsp3) is 0.258. The quantitative estimate of drug-likeness (QED) is 0.157. The fourth-order valence-corrected chi connectivity index (χ4v) is 5.15. The molecule has 0 saturated heterocycles. The Balaban J connectivity index is 1.34. The lowest BCUT2D eigenvalue weighted by molar-refractivity contribution is 0.266. The molecule has 1 aromatic heterocycles. The van der Waals surface area contributed by atoms with Crippen LogP contribution in [0.4, 0.5) is 5.69 Å². The van der Waals surface area contributed by atoms with E-state index in [9.17, 15) is 0 Å². The molecule has 4 aromatic carbocycles. The Morgan fingerprint density at radius 3 is 2.58 bits per heavy atom. The van der Waals surface area contributed by atoms with Crippen molar-refractivity contribution in [3.8, 4) is 5.75 Å². The number of aromatic nitrogens is 1. The van der Waals surface area contributed by atoms with Crippen LogP contribution in [0.15, 0.2) is 78.9 Å². The molecule has 0 fully saturated rings. The third kappa shape index (κ3) is 5.25. The zero-order valence-corrected chi connectivity index (χ0v) is 21.7. The predicted molar refractivity (Wildman–Crippen MR) is 153 cm³/mol. The van der Waals surface area contributed by atoms with Crippen LogP contribution in [-0.4, -0.2) is 36.6 Å². The number of hydrogen-bond donors (Lipinski definition) is 1. The van der Waals surface area contributed by atoms with Crippen LogP contribution in [0.1, 0.15) is 25.3 Å². The molecule has 0 spiro atoms. The Labute approximate surface area is 217 Å². The highest BCUT2D eigenvalue weighted by molar-refractivity contribution is 6.31. The number of methoxy groups -OCH3 is 1. The van der Waals surface area contributed by atoms with E-state index < -0.39 is 0 Å². The zero-order valence-electron chi connectivity index (χ0n) is 20.9. The van der Waals surface area contributed by atoms with Gasteiger partial charge in [-0.25, -0.2) is 4.98 Å². The van der Waals surface area contributed by atoms with E-state index in [1.54, 1.807) is 7.11 Å². The Morgan fingerprint density at radius 2 is 1.72 bits per heavy atom. The van der Waals surface area contributed by atoms with Gasteiger partial charge in [-0.1, -0.05) is 61.0 Å². The maximum absolute atomic E-state index is 6.28. The van der Waals surface area contributed by atoms with Crippen molar-refractivity contribution in [1.29, 1.82) is 0 Å². The third-order valence-electron chi connectivity index (χ3n) is 6.71. The number of anilines is 1. The van der Waals surface area contributed by atoms with E-state index >= 15 is 0 Å². The average molecular weight is 498 g/mol. The summed E-state index contributed by atoms with van der Waals surface area (Å²) in [5, 5.41) is 9.20. The first-order valence-corrected chi connectivity index (χ1v) is 13.0. The molecular weight excluding hydrogens is 466 g/mol. The van der Waals surface area contributed by atoms with Crippen LogP contribution in [0.2, 0.25) is 5.02 Å². The Bertz CT molecular complexity index is 1500. The van der Waals surface area contributed by atoms with E-state index in [0.29, 0.717) is 5.02 Å². The highest BCUT2D eigenvalue weighted by Crippen LogP contribution is 2.34. The standard InChI is InChI=1S/C31H32ClN3O/c1-3-17-35(21-23-10-6-9-22-8-4-5-11-26(22)23)18-7-16-33-31-27-14-12-24(32)19-30(27)34-29-15-13-25(36-2)20-28(29)31/h4-6,8-15,19-20H,3,7,16-18,21H2,1-2H3,(H,33,34). The number of fused-ring (bicyclic) bond motifs is 3. The lowest BCUT2D eigenvalue weighted by Crippen LogP contribution is -2.26. The minimum atomic E-state index is 0.692. The van der Waals surface area contributed by atoms with Gasteiger partial charge in [0, 0.05) is 35.4 Å². The van der Waals surface area contributed by atoms with Gasteiger partial charge >= 0.3 is 0 Å². The molecule has 5 aromatic rings. The molecule has 0 bridgehead atoms. The summed E-state index contributed by atoms with van der Waals surface area (Å²) in [6.45, 7) is 6.19. The van der Waals surface area contributed by atoms with Crippen LogP contribution in [0, 0.1) is 0 Å². The molecule has 0 radical (unpaired) electrons. The van der Waals surface area contributed by atoms with Crippen LogP contribution < -0.4 is 10.1 Å². The molecule has 0 saturated carbocycles.